The van der Waals surface area contributed by atoms with Crippen LogP contribution >= 0.6 is 12.3 Å². The normalized spacial score (nSPS) is 17.4. The van der Waals surface area contributed by atoms with Gasteiger partial charge < -0.3 is 15.3 Å². The zero-order valence-corrected chi connectivity index (χ0v) is 17.7. The largest absolute Gasteiger partial charge is 0.393 e. The third kappa shape index (κ3) is 4.97. The number of aliphatic hydroxyl groups is 1. The van der Waals surface area contributed by atoms with Gasteiger partial charge in [0, 0.05) is 30.4 Å². The van der Waals surface area contributed by atoms with Crippen molar-refractivity contribution in [1.82, 2.24) is 15.2 Å². The summed E-state index contributed by atoms with van der Waals surface area (Å²) < 4.78 is 10.1. The standard InChI is InChI=1S/C22H23N5O3S/c28-19-10-12-26(13-11-19)21-14-20(17-4-2-1-3-5-17)24-22(25-21)23-18-8-6-16(7-9-18)15-27-29-31-30-27/h1-9,14,19,28H,10-13,15H2,(H,23,24,25). The van der Waals surface area contributed by atoms with Crippen LogP contribution in [0.5, 0.6) is 0 Å². The molecule has 0 atom stereocenters. The van der Waals surface area contributed by atoms with Crippen molar-refractivity contribution in [2.75, 3.05) is 23.3 Å². The van der Waals surface area contributed by atoms with Gasteiger partial charge in [0.2, 0.25) is 18.3 Å². The van der Waals surface area contributed by atoms with Crippen LogP contribution in [0.2, 0.25) is 0 Å². The van der Waals surface area contributed by atoms with E-state index in [-0.39, 0.29) is 6.10 Å². The van der Waals surface area contributed by atoms with E-state index in [4.69, 9.17) is 18.5 Å². The van der Waals surface area contributed by atoms with E-state index in [1.54, 1.807) is 0 Å². The van der Waals surface area contributed by atoms with Crippen molar-refractivity contribution in [2.45, 2.75) is 25.5 Å². The summed E-state index contributed by atoms with van der Waals surface area (Å²) in [5.74, 6) is 1.41. The number of nitrogens with one attached hydrogen (secondary N) is 1. The first-order valence-electron chi connectivity index (χ1n) is 10.3. The molecule has 0 amide bonds. The highest BCUT2D eigenvalue weighted by Gasteiger charge is 2.21. The van der Waals surface area contributed by atoms with Crippen LogP contribution in [0.1, 0.15) is 18.4 Å². The van der Waals surface area contributed by atoms with E-state index in [1.165, 1.54) is 5.23 Å². The summed E-state index contributed by atoms with van der Waals surface area (Å²) in [6, 6.07) is 20.1. The van der Waals surface area contributed by atoms with Gasteiger partial charge in [0.05, 0.1) is 18.3 Å². The first kappa shape index (κ1) is 20.2. The van der Waals surface area contributed by atoms with E-state index in [1.807, 2.05) is 60.7 Å². The Morgan fingerprint density at radius 3 is 2.42 bits per heavy atom. The molecule has 5 rings (SSSR count). The van der Waals surface area contributed by atoms with E-state index in [9.17, 15) is 5.11 Å². The van der Waals surface area contributed by atoms with Crippen molar-refractivity contribution in [2.24, 2.45) is 0 Å². The minimum atomic E-state index is -0.228. The van der Waals surface area contributed by atoms with Gasteiger partial charge in [0.15, 0.2) is 0 Å². The highest BCUT2D eigenvalue weighted by molar-refractivity contribution is 7.90. The molecule has 2 aliphatic rings. The SMILES string of the molecule is OC1CCN(c2cc(-c3ccccc3)nc(Nc3ccc(CN4OSO4)cc3)n2)CC1. The number of aliphatic hydroxyl groups excluding tert-OH is 1. The lowest BCUT2D eigenvalue weighted by atomic mass is 10.1. The predicted octanol–water partition coefficient (Wildman–Crippen LogP) is 4.09. The maximum absolute atomic E-state index is 9.86. The molecule has 2 aliphatic heterocycles. The van der Waals surface area contributed by atoms with Gasteiger partial charge in [-0.2, -0.15) is 13.6 Å². The van der Waals surface area contributed by atoms with E-state index in [0.29, 0.717) is 12.5 Å². The number of piperidine rings is 1. The highest BCUT2D eigenvalue weighted by Crippen LogP contribution is 2.28. The number of anilines is 3. The number of hydrogen-bond acceptors (Lipinski definition) is 9. The zero-order chi connectivity index (χ0) is 21.0. The molecule has 2 aromatic carbocycles. The number of aromatic nitrogens is 2. The molecule has 0 aliphatic carbocycles. The fraction of sp³-hybridized carbons (Fsp3) is 0.273. The maximum Gasteiger partial charge on any atom is 0.229 e. The Hall–Kier alpha value is -2.69. The van der Waals surface area contributed by atoms with Crippen LogP contribution < -0.4 is 10.2 Å². The Morgan fingerprint density at radius 2 is 1.74 bits per heavy atom. The summed E-state index contributed by atoms with van der Waals surface area (Å²) >= 11 is 0.961. The second-order valence-electron chi connectivity index (χ2n) is 7.55. The summed E-state index contributed by atoms with van der Waals surface area (Å²) in [5, 5.41) is 14.6. The van der Waals surface area contributed by atoms with Crippen LogP contribution in [0, 0.1) is 0 Å². The predicted molar refractivity (Wildman–Crippen MR) is 120 cm³/mol. The van der Waals surface area contributed by atoms with Gasteiger partial charge >= 0.3 is 0 Å². The Bertz CT molecular complexity index is 1010. The summed E-state index contributed by atoms with van der Waals surface area (Å²) in [5.41, 5.74) is 3.86. The smallest absolute Gasteiger partial charge is 0.229 e. The molecule has 0 spiro atoms. The minimum absolute atomic E-state index is 0.228. The van der Waals surface area contributed by atoms with Gasteiger partial charge in [-0.25, -0.2) is 4.98 Å². The van der Waals surface area contributed by atoms with Crippen LogP contribution in [0.4, 0.5) is 17.5 Å². The number of nitrogens with zero attached hydrogens (tertiary/aromatic N) is 4. The van der Waals surface area contributed by atoms with Gasteiger partial charge in [-0.1, -0.05) is 42.5 Å². The molecule has 3 heterocycles. The van der Waals surface area contributed by atoms with E-state index in [2.05, 4.69) is 10.2 Å². The zero-order valence-electron chi connectivity index (χ0n) is 16.8. The van der Waals surface area contributed by atoms with Gasteiger partial charge in [-0.15, -0.1) is 0 Å². The van der Waals surface area contributed by atoms with Gasteiger partial charge in [0.1, 0.15) is 5.82 Å². The topological polar surface area (TPSA) is 83.0 Å². The van der Waals surface area contributed by atoms with Crippen molar-refractivity contribution in [1.29, 1.82) is 0 Å². The Labute approximate surface area is 185 Å². The number of hydroxylamine groups is 2. The lowest BCUT2D eigenvalue weighted by Crippen LogP contribution is -2.36. The molecule has 0 unspecified atom stereocenters. The second-order valence-corrected chi connectivity index (χ2v) is 7.98. The summed E-state index contributed by atoms with van der Waals surface area (Å²) in [6.07, 6.45) is 1.27. The number of rotatable bonds is 6. The monoisotopic (exact) mass is 437 g/mol. The number of hydrogen-bond donors (Lipinski definition) is 2. The fourth-order valence-electron chi connectivity index (χ4n) is 3.60. The van der Waals surface area contributed by atoms with Crippen molar-refractivity contribution >= 4 is 29.8 Å². The molecule has 0 saturated carbocycles. The van der Waals surface area contributed by atoms with Crippen LogP contribution in [0.15, 0.2) is 60.7 Å². The van der Waals surface area contributed by atoms with Crippen molar-refractivity contribution < 1.29 is 13.7 Å². The molecule has 2 fully saturated rings. The average Bonchev–Trinajstić information content (AvgIpc) is 2.78. The van der Waals surface area contributed by atoms with Crippen LogP contribution in [0.25, 0.3) is 11.3 Å². The van der Waals surface area contributed by atoms with Crippen molar-refractivity contribution in [3.8, 4) is 11.3 Å². The Kier molecular flexibility index (Phi) is 6.01. The average molecular weight is 438 g/mol. The molecule has 1 aromatic heterocycles. The molecule has 31 heavy (non-hydrogen) atoms. The number of benzene rings is 2. The highest BCUT2D eigenvalue weighted by atomic mass is 32.2. The molecule has 160 valence electrons. The van der Waals surface area contributed by atoms with E-state index >= 15 is 0 Å². The molecule has 8 nitrogen and oxygen atoms in total. The first-order valence-corrected chi connectivity index (χ1v) is 10.9. The molecular formula is C22H23N5O3S. The van der Waals surface area contributed by atoms with Gasteiger partial charge in [-0.3, -0.25) is 0 Å². The van der Waals surface area contributed by atoms with Crippen LogP contribution in [0.3, 0.4) is 0 Å². The molecule has 0 radical (unpaired) electrons. The molecule has 9 heteroatoms. The molecule has 2 N–H and O–H groups in total. The Balaban J connectivity index is 1.39. The molecule has 3 aromatic rings. The van der Waals surface area contributed by atoms with E-state index in [0.717, 1.165) is 66.6 Å². The second kappa shape index (κ2) is 9.21. The van der Waals surface area contributed by atoms with Crippen molar-refractivity contribution in [3.05, 3.63) is 66.2 Å². The fourth-order valence-corrected chi connectivity index (χ4v) is 3.85. The van der Waals surface area contributed by atoms with Gasteiger partial charge in [0.25, 0.3) is 0 Å². The first-order chi connectivity index (χ1) is 15.2. The summed E-state index contributed by atoms with van der Waals surface area (Å²) in [6.45, 7) is 2.11. The van der Waals surface area contributed by atoms with Crippen molar-refractivity contribution in [3.63, 3.8) is 0 Å². The third-order valence-corrected chi connectivity index (χ3v) is 5.77. The molecule has 2 saturated heterocycles. The molecule has 0 bridgehead atoms. The maximum atomic E-state index is 9.86. The lowest BCUT2D eigenvalue weighted by Gasteiger charge is -2.30. The quantitative estimate of drug-likeness (QED) is 0.554. The minimum Gasteiger partial charge on any atom is -0.393 e. The molecular weight excluding hydrogens is 414 g/mol. The summed E-state index contributed by atoms with van der Waals surface area (Å²) in [7, 11) is 0. The lowest BCUT2D eigenvalue weighted by molar-refractivity contribution is -0.309. The van der Waals surface area contributed by atoms with Gasteiger partial charge in [-0.05, 0) is 35.8 Å². The Morgan fingerprint density at radius 1 is 1.00 bits per heavy atom. The van der Waals surface area contributed by atoms with Crippen LogP contribution in [-0.2, 0) is 15.1 Å². The van der Waals surface area contributed by atoms with E-state index < -0.39 is 0 Å². The van der Waals surface area contributed by atoms with Crippen LogP contribution in [-0.4, -0.2) is 39.5 Å². The third-order valence-electron chi connectivity index (χ3n) is 5.32. The summed E-state index contributed by atoms with van der Waals surface area (Å²) in [4.78, 5) is 11.7.